The zero-order valence-corrected chi connectivity index (χ0v) is 11.6. The van der Waals surface area contributed by atoms with Gasteiger partial charge in [0.25, 0.3) is 0 Å². The summed E-state index contributed by atoms with van der Waals surface area (Å²) in [5.74, 6) is -0.742. The normalized spacial score (nSPS) is 11.7. The summed E-state index contributed by atoms with van der Waals surface area (Å²) in [5.41, 5.74) is -0.384. The standard InChI is InChI=1S/C15H15O2P.B/c1-12(15(16)17)18(13-8-4-2-5-9-13)14-10-6-3-7-11-14;/h2-12H,1H3,(H,16,17);/t12-;/m0./s1. The van der Waals surface area contributed by atoms with Gasteiger partial charge in [0.15, 0.2) is 0 Å². The molecule has 2 aromatic rings. The van der Waals surface area contributed by atoms with E-state index in [4.69, 9.17) is 0 Å². The summed E-state index contributed by atoms with van der Waals surface area (Å²) in [7, 11) is -0.851. The molecule has 0 amide bonds. The number of carboxylic acid groups (broad SMARTS) is 1. The van der Waals surface area contributed by atoms with E-state index in [1.807, 2.05) is 60.7 Å². The third kappa shape index (κ3) is 3.68. The number of hydrogen-bond acceptors (Lipinski definition) is 1. The van der Waals surface area contributed by atoms with Gasteiger partial charge in [-0.2, -0.15) is 0 Å². The first-order chi connectivity index (χ1) is 8.70. The predicted molar refractivity (Wildman–Crippen MR) is 81.9 cm³/mol. The molecule has 95 valence electrons. The Kier molecular flexibility index (Phi) is 5.78. The van der Waals surface area contributed by atoms with Crippen LogP contribution in [0.15, 0.2) is 60.7 Å². The zero-order valence-electron chi connectivity index (χ0n) is 10.7. The van der Waals surface area contributed by atoms with Gasteiger partial charge in [-0.05, 0) is 25.5 Å². The van der Waals surface area contributed by atoms with Crippen molar-refractivity contribution in [1.29, 1.82) is 0 Å². The molecule has 0 aromatic heterocycles. The second-order valence-corrected chi connectivity index (χ2v) is 6.60. The lowest BCUT2D eigenvalue weighted by Gasteiger charge is -2.22. The Labute approximate surface area is 116 Å². The van der Waals surface area contributed by atoms with Crippen LogP contribution in [-0.2, 0) is 4.79 Å². The minimum Gasteiger partial charge on any atom is -0.481 e. The third-order valence-corrected chi connectivity index (χ3v) is 5.52. The van der Waals surface area contributed by atoms with Gasteiger partial charge in [-0.3, -0.25) is 4.79 Å². The van der Waals surface area contributed by atoms with Crippen molar-refractivity contribution in [1.82, 2.24) is 0 Å². The van der Waals surface area contributed by atoms with Crippen LogP contribution in [0.1, 0.15) is 6.92 Å². The van der Waals surface area contributed by atoms with Gasteiger partial charge in [0.05, 0.1) is 5.66 Å². The fourth-order valence-electron chi connectivity index (χ4n) is 1.88. The molecule has 0 saturated heterocycles. The molecule has 0 heterocycles. The van der Waals surface area contributed by atoms with E-state index in [2.05, 4.69) is 0 Å². The minimum absolute atomic E-state index is 0. The van der Waals surface area contributed by atoms with Crippen molar-refractivity contribution >= 4 is 32.9 Å². The van der Waals surface area contributed by atoms with E-state index in [-0.39, 0.29) is 14.1 Å². The summed E-state index contributed by atoms with van der Waals surface area (Å²) in [4.78, 5) is 11.3. The van der Waals surface area contributed by atoms with Gasteiger partial charge in [-0.15, -0.1) is 0 Å². The topological polar surface area (TPSA) is 37.3 Å². The molecule has 2 nitrogen and oxygen atoms in total. The molecule has 0 bridgehead atoms. The van der Waals surface area contributed by atoms with Crippen molar-refractivity contribution in [2.45, 2.75) is 12.6 Å². The van der Waals surface area contributed by atoms with E-state index >= 15 is 0 Å². The Hall–Kier alpha value is -1.60. The van der Waals surface area contributed by atoms with Crippen LogP contribution >= 0.6 is 7.92 Å². The largest absolute Gasteiger partial charge is 0.481 e. The van der Waals surface area contributed by atoms with Gasteiger partial charge in [-0.25, -0.2) is 0 Å². The number of hydrogen-bond donors (Lipinski definition) is 1. The van der Waals surface area contributed by atoms with Gasteiger partial charge in [0.1, 0.15) is 0 Å². The lowest BCUT2D eigenvalue weighted by molar-refractivity contribution is -0.136. The first-order valence-electron chi connectivity index (χ1n) is 5.82. The maximum absolute atomic E-state index is 11.3. The SMILES string of the molecule is C[C@@H](C(=O)O)P(c1ccccc1)c1ccccc1.[B]. The van der Waals surface area contributed by atoms with Crippen molar-refractivity contribution in [2.75, 3.05) is 0 Å². The quantitative estimate of drug-likeness (QED) is 0.682. The first kappa shape index (κ1) is 15.5. The predicted octanol–water partition coefficient (Wildman–Crippen LogP) is 2.21. The molecule has 1 atom stereocenters. The second-order valence-electron chi connectivity index (χ2n) is 4.06. The minimum atomic E-state index is -0.851. The Morgan fingerprint density at radius 3 is 1.63 bits per heavy atom. The van der Waals surface area contributed by atoms with Gasteiger partial charge < -0.3 is 5.11 Å². The molecule has 3 radical (unpaired) electrons. The first-order valence-corrected chi connectivity index (χ1v) is 7.23. The van der Waals surface area contributed by atoms with E-state index in [0.29, 0.717) is 0 Å². The van der Waals surface area contributed by atoms with Crippen LogP contribution in [0.25, 0.3) is 0 Å². The highest BCUT2D eigenvalue weighted by atomic mass is 31.1. The summed E-state index contributed by atoms with van der Waals surface area (Å²) in [6.07, 6.45) is 0. The number of aliphatic carboxylic acids is 1. The molecule has 0 spiro atoms. The van der Waals surface area contributed by atoms with Gasteiger partial charge >= 0.3 is 5.97 Å². The summed E-state index contributed by atoms with van der Waals surface area (Å²) < 4.78 is 0. The Balaban J connectivity index is 0.00000180. The van der Waals surface area contributed by atoms with Crippen LogP contribution in [0.5, 0.6) is 0 Å². The van der Waals surface area contributed by atoms with Crippen LogP contribution in [0.4, 0.5) is 0 Å². The highest BCUT2D eigenvalue weighted by molar-refractivity contribution is 7.74. The Morgan fingerprint density at radius 2 is 1.32 bits per heavy atom. The van der Waals surface area contributed by atoms with Crippen molar-refractivity contribution in [2.24, 2.45) is 0 Å². The molecule has 0 aliphatic carbocycles. The Morgan fingerprint density at radius 1 is 0.947 bits per heavy atom. The summed E-state index contributed by atoms with van der Waals surface area (Å²) in [6, 6.07) is 19.8. The monoisotopic (exact) mass is 269 g/mol. The van der Waals surface area contributed by atoms with Crippen LogP contribution in [0, 0.1) is 0 Å². The maximum atomic E-state index is 11.3. The molecule has 1 N–H and O–H groups in total. The van der Waals surface area contributed by atoms with E-state index in [1.165, 1.54) is 0 Å². The van der Waals surface area contributed by atoms with Crippen LogP contribution < -0.4 is 10.6 Å². The molecule has 0 fully saturated rings. The maximum Gasteiger partial charge on any atom is 0.311 e. The fourth-order valence-corrected chi connectivity index (χ4v) is 4.28. The van der Waals surface area contributed by atoms with Crippen molar-refractivity contribution in [3.05, 3.63) is 60.7 Å². The van der Waals surface area contributed by atoms with E-state index in [1.54, 1.807) is 6.92 Å². The Bertz CT molecular complexity index is 477. The summed E-state index contributed by atoms with van der Waals surface area (Å²) >= 11 is 0. The molecule has 4 heteroatoms. The highest BCUT2D eigenvalue weighted by Gasteiger charge is 2.25. The molecule has 0 saturated carbocycles. The molecular weight excluding hydrogens is 254 g/mol. The van der Waals surface area contributed by atoms with Gasteiger partial charge in [0.2, 0.25) is 0 Å². The van der Waals surface area contributed by atoms with Crippen molar-refractivity contribution < 1.29 is 9.90 Å². The van der Waals surface area contributed by atoms with Crippen molar-refractivity contribution in [3.63, 3.8) is 0 Å². The lowest BCUT2D eigenvalue weighted by Crippen LogP contribution is -2.25. The average molecular weight is 269 g/mol. The van der Waals surface area contributed by atoms with E-state index in [9.17, 15) is 9.90 Å². The number of carboxylic acids is 1. The molecule has 19 heavy (non-hydrogen) atoms. The van der Waals surface area contributed by atoms with Gasteiger partial charge in [0, 0.05) is 8.41 Å². The molecule has 0 unspecified atom stereocenters. The van der Waals surface area contributed by atoms with Gasteiger partial charge in [-0.1, -0.05) is 60.7 Å². The molecular formula is C15H15BO2P. The molecule has 0 aliphatic rings. The lowest BCUT2D eigenvalue weighted by atomic mass is 10.4. The number of rotatable bonds is 4. The average Bonchev–Trinajstić information content (AvgIpc) is 2.41. The van der Waals surface area contributed by atoms with E-state index < -0.39 is 13.9 Å². The summed E-state index contributed by atoms with van der Waals surface area (Å²) in [6.45, 7) is 1.79. The summed E-state index contributed by atoms with van der Waals surface area (Å²) in [5, 5.41) is 11.5. The fraction of sp³-hybridized carbons (Fsp3) is 0.133. The molecule has 0 aliphatic heterocycles. The van der Waals surface area contributed by atoms with Crippen LogP contribution in [0.2, 0.25) is 0 Å². The van der Waals surface area contributed by atoms with Crippen molar-refractivity contribution in [3.8, 4) is 0 Å². The third-order valence-electron chi connectivity index (χ3n) is 2.81. The van der Waals surface area contributed by atoms with Crippen LogP contribution in [0.3, 0.4) is 0 Å². The smallest absolute Gasteiger partial charge is 0.311 e. The van der Waals surface area contributed by atoms with E-state index in [0.717, 1.165) is 10.6 Å². The van der Waals surface area contributed by atoms with Crippen LogP contribution in [-0.4, -0.2) is 25.1 Å². The second kappa shape index (κ2) is 7.11. The molecule has 2 rings (SSSR count). The highest BCUT2D eigenvalue weighted by Crippen LogP contribution is 2.39. The zero-order chi connectivity index (χ0) is 13.0. The number of benzene rings is 2. The number of carbonyl (C=O) groups is 1. The molecule has 2 aromatic carbocycles.